The van der Waals surface area contributed by atoms with Crippen molar-refractivity contribution in [2.75, 3.05) is 19.8 Å². The molecule has 0 aromatic carbocycles. The molecule has 1 fully saturated rings. The van der Waals surface area contributed by atoms with Gasteiger partial charge in [0, 0.05) is 38.0 Å². The van der Waals surface area contributed by atoms with Gasteiger partial charge in [-0.2, -0.15) is 5.10 Å². The summed E-state index contributed by atoms with van der Waals surface area (Å²) in [6.07, 6.45) is 1.19. The van der Waals surface area contributed by atoms with E-state index in [1.165, 1.54) is 17.7 Å². The van der Waals surface area contributed by atoms with Crippen molar-refractivity contribution in [3.05, 3.63) is 17.0 Å². The van der Waals surface area contributed by atoms with Crippen molar-refractivity contribution in [2.24, 2.45) is 13.0 Å². The monoisotopic (exact) mass is 223 g/mol. The lowest BCUT2D eigenvalue weighted by atomic mass is 10.1. The Morgan fingerprint density at radius 1 is 1.50 bits per heavy atom. The summed E-state index contributed by atoms with van der Waals surface area (Å²) in [6.45, 7) is 8.00. The maximum Gasteiger partial charge on any atom is 0.0641 e. The predicted molar refractivity (Wildman–Crippen MR) is 63.3 cm³/mol. The van der Waals surface area contributed by atoms with Gasteiger partial charge in [-0.1, -0.05) is 0 Å². The van der Waals surface area contributed by atoms with Crippen LogP contribution < -0.4 is 5.32 Å². The molecule has 0 saturated carbocycles. The van der Waals surface area contributed by atoms with E-state index in [4.69, 9.17) is 4.74 Å². The Morgan fingerprint density at radius 2 is 2.31 bits per heavy atom. The second-order valence-corrected chi connectivity index (χ2v) is 4.63. The molecule has 90 valence electrons. The van der Waals surface area contributed by atoms with Gasteiger partial charge in [0.25, 0.3) is 0 Å². The molecule has 4 heteroatoms. The number of hydrogen-bond donors (Lipinski definition) is 1. The summed E-state index contributed by atoms with van der Waals surface area (Å²) in [7, 11) is 2.00. The van der Waals surface area contributed by atoms with Gasteiger partial charge in [-0.25, -0.2) is 0 Å². The first-order chi connectivity index (χ1) is 7.68. The zero-order chi connectivity index (χ0) is 11.5. The first-order valence-corrected chi connectivity index (χ1v) is 5.96. The molecule has 1 aliphatic heterocycles. The van der Waals surface area contributed by atoms with Crippen molar-refractivity contribution < 1.29 is 4.74 Å². The van der Waals surface area contributed by atoms with E-state index in [0.717, 1.165) is 32.0 Å². The lowest BCUT2D eigenvalue weighted by molar-refractivity contribution is 0.185. The van der Waals surface area contributed by atoms with Crippen molar-refractivity contribution in [1.29, 1.82) is 0 Å². The molecule has 1 aromatic heterocycles. The number of hydrogen-bond acceptors (Lipinski definition) is 3. The van der Waals surface area contributed by atoms with Gasteiger partial charge < -0.3 is 10.1 Å². The third kappa shape index (κ3) is 2.44. The van der Waals surface area contributed by atoms with Crippen LogP contribution in [0.4, 0.5) is 0 Å². The highest BCUT2D eigenvalue weighted by molar-refractivity contribution is 5.23. The molecule has 4 nitrogen and oxygen atoms in total. The van der Waals surface area contributed by atoms with Crippen molar-refractivity contribution >= 4 is 0 Å². The van der Waals surface area contributed by atoms with Crippen LogP contribution >= 0.6 is 0 Å². The molecule has 2 rings (SSSR count). The second-order valence-electron chi connectivity index (χ2n) is 4.63. The van der Waals surface area contributed by atoms with E-state index in [2.05, 4.69) is 24.3 Å². The van der Waals surface area contributed by atoms with E-state index in [0.29, 0.717) is 5.92 Å². The fraction of sp³-hybridized carbons (Fsp3) is 0.750. The average molecular weight is 223 g/mol. The Hall–Kier alpha value is -0.870. The van der Waals surface area contributed by atoms with Crippen molar-refractivity contribution in [2.45, 2.75) is 26.8 Å². The highest BCUT2D eigenvalue weighted by Gasteiger charge is 2.15. The minimum Gasteiger partial charge on any atom is -0.381 e. The SMILES string of the molecule is Cc1nn(C)c(C)c1CNCC1CCOC1. The van der Waals surface area contributed by atoms with E-state index in [1.807, 2.05) is 11.7 Å². The first-order valence-electron chi connectivity index (χ1n) is 5.96. The second kappa shape index (κ2) is 4.97. The molecule has 1 aliphatic rings. The topological polar surface area (TPSA) is 39.1 Å². The van der Waals surface area contributed by atoms with E-state index in [1.54, 1.807) is 0 Å². The van der Waals surface area contributed by atoms with Crippen LogP contribution in [-0.4, -0.2) is 29.5 Å². The highest BCUT2D eigenvalue weighted by atomic mass is 16.5. The van der Waals surface area contributed by atoms with Crippen LogP contribution in [0.15, 0.2) is 0 Å². The number of nitrogens with one attached hydrogen (secondary N) is 1. The lowest BCUT2D eigenvalue weighted by Crippen LogP contribution is -2.23. The summed E-state index contributed by atoms with van der Waals surface area (Å²) in [5.74, 6) is 0.692. The van der Waals surface area contributed by atoms with E-state index in [-0.39, 0.29) is 0 Å². The molecular weight excluding hydrogens is 202 g/mol. The fourth-order valence-electron chi connectivity index (χ4n) is 2.22. The van der Waals surface area contributed by atoms with Gasteiger partial charge >= 0.3 is 0 Å². The lowest BCUT2D eigenvalue weighted by Gasteiger charge is -2.09. The Morgan fingerprint density at radius 3 is 2.88 bits per heavy atom. The molecule has 1 unspecified atom stereocenters. The molecule has 1 atom stereocenters. The Kier molecular flexibility index (Phi) is 3.61. The van der Waals surface area contributed by atoms with Gasteiger partial charge in [0.15, 0.2) is 0 Å². The molecule has 0 aliphatic carbocycles. The van der Waals surface area contributed by atoms with Crippen molar-refractivity contribution in [3.8, 4) is 0 Å². The quantitative estimate of drug-likeness (QED) is 0.832. The highest BCUT2D eigenvalue weighted by Crippen LogP contribution is 2.13. The van der Waals surface area contributed by atoms with Crippen LogP contribution in [0.3, 0.4) is 0 Å². The van der Waals surface area contributed by atoms with Crippen molar-refractivity contribution in [3.63, 3.8) is 0 Å². The Bertz CT molecular complexity index is 353. The van der Waals surface area contributed by atoms with Crippen LogP contribution in [0.25, 0.3) is 0 Å². The molecule has 1 N–H and O–H groups in total. The minimum absolute atomic E-state index is 0.692. The van der Waals surface area contributed by atoms with Crippen LogP contribution in [0.2, 0.25) is 0 Å². The summed E-state index contributed by atoms with van der Waals surface area (Å²) in [4.78, 5) is 0. The Labute approximate surface area is 97.0 Å². The van der Waals surface area contributed by atoms with Gasteiger partial charge in [0.2, 0.25) is 0 Å². The van der Waals surface area contributed by atoms with Gasteiger partial charge in [0.1, 0.15) is 0 Å². The van der Waals surface area contributed by atoms with Crippen molar-refractivity contribution in [1.82, 2.24) is 15.1 Å². The number of aromatic nitrogens is 2. The minimum atomic E-state index is 0.692. The standard InChI is InChI=1S/C12H21N3O/c1-9-12(10(2)15(3)14-9)7-13-6-11-4-5-16-8-11/h11,13H,4-8H2,1-3H3. The predicted octanol–water partition coefficient (Wildman–Crippen LogP) is 1.16. The van der Waals surface area contributed by atoms with Gasteiger partial charge in [-0.15, -0.1) is 0 Å². The maximum atomic E-state index is 5.35. The summed E-state index contributed by atoms with van der Waals surface area (Å²) in [5, 5.41) is 7.92. The first kappa shape index (κ1) is 11.6. The van der Waals surface area contributed by atoms with E-state index in [9.17, 15) is 0 Å². The molecule has 0 radical (unpaired) electrons. The molecule has 1 saturated heterocycles. The smallest absolute Gasteiger partial charge is 0.0641 e. The average Bonchev–Trinajstić information content (AvgIpc) is 2.82. The van der Waals surface area contributed by atoms with Crippen LogP contribution in [-0.2, 0) is 18.3 Å². The fourth-order valence-corrected chi connectivity index (χ4v) is 2.22. The van der Waals surface area contributed by atoms with Crippen LogP contribution in [0.1, 0.15) is 23.4 Å². The number of aryl methyl sites for hydroxylation is 2. The normalized spacial score (nSPS) is 20.6. The van der Waals surface area contributed by atoms with Crippen LogP contribution in [0, 0.1) is 19.8 Å². The molecule has 1 aromatic rings. The summed E-state index contributed by atoms with van der Waals surface area (Å²) >= 11 is 0. The van der Waals surface area contributed by atoms with E-state index < -0.39 is 0 Å². The molecule has 0 amide bonds. The van der Waals surface area contributed by atoms with Gasteiger partial charge in [-0.3, -0.25) is 4.68 Å². The summed E-state index contributed by atoms with van der Waals surface area (Å²) in [5.41, 5.74) is 3.73. The maximum absolute atomic E-state index is 5.35. The van der Waals surface area contributed by atoms with Crippen LogP contribution in [0.5, 0.6) is 0 Å². The molecule has 0 spiro atoms. The number of nitrogens with zero attached hydrogens (tertiary/aromatic N) is 2. The molecular formula is C12H21N3O. The molecule has 0 bridgehead atoms. The number of ether oxygens (including phenoxy) is 1. The summed E-state index contributed by atoms with van der Waals surface area (Å²) < 4.78 is 7.30. The zero-order valence-electron chi connectivity index (χ0n) is 10.4. The Balaban J connectivity index is 1.84. The summed E-state index contributed by atoms with van der Waals surface area (Å²) in [6, 6.07) is 0. The van der Waals surface area contributed by atoms with Gasteiger partial charge in [-0.05, 0) is 26.2 Å². The zero-order valence-corrected chi connectivity index (χ0v) is 10.4. The van der Waals surface area contributed by atoms with E-state index >= 15 is 0 Å². The third-order valence-electron chi connectivity index (χ3n) is 3.42. The molecule has 2 heterocycles. The van der Waals surface area contributed by atoms with Gasteiger partial charge in [0.05, 0.1) is 12.3 Å². The third-order valence-corrected chi connectivity index (χ3v) is 3.42. The number of rotatable bonds is 4. The molecule has 16 heavy (non-hydrogen) atoms. The largest absolute Gasteiger partial charge is 0.381 e.